The van der Waals surface area contributed by atoms with Crippen LogP contribution in [-0.4, -0.2) is 4.57 Å². The van der Waals surface area contributed by atoms with E-state index in [1.54, 1.807) is 0 Å². The van der Waals surface area contributed by atoms with Crippen LogP contribution in [0.2, 0.25) is 0 Å². The number of fused-ring (bicyclic) bond motifs is 8. The van der Waals surface area contributed by atoms with Gasteiger partial charge in [-0.2, -0.15) is 0 Å². The van der Waals surface area contributed by atoms with Crippen LogP contribution in [0.3, 0.4) is 0 Å². The second-order valence-corrected chi connectivity index (χ2v) is 13.9. The van der Waals surface area contributed by atoms with Crippen molar-refractivity contribution in [3.05, 3.63) is 198 Å². The molecule has 1 aliphatic rings. The predicted molar refractivity (Wildman–Crippen MR) is 220 cm³/mol. The summed E-state index contributed by atoms with van der Waals surface area (Å²) in [5.74, 6) is 0. The Balaban J connectivity index is 1.29. The van der Waals surface area contributed by atoms with E-state index in [4.69, 9.17) is 12.3 Å². The first kappa shape index (κ1) is 30.7. The molecule has 0 saturated heterocycles. The number of hydrogen-bond donors (Lipinski definition) is 1. The molecule has 3 heterocycles. The van der Waals surface area contributed by atoms with Crippen LogP contribution in [0.1, 0.15) is 16.7 Å². The van der Waals surface area contributed by atoms with Gasteiger partial charge < -0.3 is 15.2 Å². The SMILES string of the molecule is C=C1/C=c2\c(n(-c3ccccc3)c3ccc4c5ccccc5sc4c23)=C/N(c2ccccc2)c2cc(/C(N)=C/C=C\Cc3ccccc3)ccc21. The number of aromatic nitrogens is 1. The lowest BCUT2D eigenvalue weighted by molar-refractivity contribution is 1.06. The topological polar surface area (TPSA) is 34.2 Å². The minimum Gasteiger partial charge on any atom is -0.398 e. The molecule has 2 N–H and O–H groups in total. The molecule has 9 rings (SSSR count). The molecule has 0 aliphatic carbocycles. The van der Waals surface area contributed by atoms with E-state index in [-0.39, 0.29) is 0 Å². The molecule has 6 aromatic carbocycles. The number of rotatable bonds is 6. The highest BCUT2D eigenvalue weighted by Crippen LogP contribution is 2.39. The van der Waals surface area contributed by atoms with Crippen LogP contribution in [0.5, 0.6) is 0 Å². The maximum absolute atomic E-state index is 6.76. The van der Waals surface area contributed by atoms with Crippen LogP contribution < -0.4 is 21.2 Å². The number of anilines is 2. The predicted octanol–water partition coefficient (Wildman–Crippen LogP) is 10.5. The standard InChI is InChI=1S/C47H35N3S/c1-32-29-40-44(50(36-20-9-4-10-21-36)42-28-27-39-38-22-12-14-24-45(38)51-47(39)46(40)42)31-49(35-18-7-3-8-19-35)43-30-34(25-26-37(32)43)41(48)23-13-11-17-33-15-5-2-6-16-33/h2-16,18-31H,1,17,48H2/b13-11-,40-29+,41-23-,44-31+. The van der Waals surface area contributed by atoms with Gasteiger partial charge in [-0.1, -0.05) is 122 Å². The third kappa shape index (κ3) is 5.47. The summed E-state index contributed by atoms with van der Waals surface area (Å²) >= 11 is 1.86. The first-order valence-corrected chi connectivity index (χ1v) is 18.0. The van der Waals surface area contributed by atoms with E-state index in [0.29, 0.717) is 5.70 Å². The monoisotopic (exact) mass is 673 g/mol. The maximum atomic E-state index is 6.76. The summed E-state index contributed by atoms with van der Waals surface area (Å²) in [5, 5.41) is 6.07. The zero-order valence-electron chi connectivity index (χ0n) is 28.0. The summed E-state index contributed by atoms with van der Waals surface area (Å²) in [4.78, 5) is 2.30. The third-order valence-electron chi connectivity index (χ3n) is 9.72. The van der Waals surface area contributed by atoms with Crippen molar-refractivity contribution >= 4 is 77.3 Å². The second kappa shape index (κ2) is 12.8. The molecule has 0 bridgehead atoms. The van der Waals surface area contributed by atoms with Crippen LogP contribution in [0.4, 0.5) is 11.4 Å². The van der Waals surface area contributed by atoms with Gasteiger partial charge in [-0.15, -0.1) is 11.3 Å². The molecule has 2 aromatic heterocycles. The van der Waals surface area contributed by atoms with Crippen molar-refractivity contribution in [2.24, 2.45) is 5.73 Å². The Morgan fingerprint density at radius 1 is 0.725 bits per heavy atom. The first-order chi connectivity index (χ1) is 25.1. The van der Waals surface area contributed by atoms with Crippen molar-refractivity contribution in [1.29, 1.82) is 0 Å². The zero-order valence-corrected chi connectivity index (χ0v) is 28.9. The van der Waals surface area contributed by atoms with Crippen molar-refractivity contribution in [1.82, 2.24) is 4.57 Å². The summed E-state index contributed by atoms with van der Waals surface area (Å²) in [7, 11) is 0. The van der Waals surface area contributed by atoms with Crippen molar-refractivity contribution in [2.75, 3.05) is 4.90 Å². The van der Waals surface area contributed by atoms with Crippen LogP contribution in [0.15, 0.2) is 170 Å². The molecular formula is C47H35N3S. The van der Waals surface area contributed by atoms with Gasteiger partial charge in [0.05, 0.1) is 16.6 Å². The Morgan fingerprint density at radius 2 is 1.43 bits per heavy atom. The third-order valence-corrected chi connectivity index (χ3v) is 10.9. The normalized spacial score (nSPS) is 14.5. The number of allylic oxidation sites excluding steroid dienone is 4. The Kier molecular flexibility index (Phi) is 7.72. The Bertz CT molecular complexity index is 2790. The average Bonchev–Trinajstić information content (AvgIpc) is 3.70. The van der Waals surface area contributed by atoms with Crippen molar-refractivity contribution < 1.29 is 0 Å². The highest BCUT2D eigenvalue weighted by Gasteiger charge is 2.21. The molecule has 0 atom stereocenters. The molecule has 0 spiro atoms. The number of nitrogens with zero attached hydrogens (tertiary/aromatic N) is 2. The lowest BCUT2D eigenvalue weighted by Crippen LogP contribution is -2.33. The zero-order chi connectivity index (χ0) is 34.3. The summed E-state index contributed by atoms with van der Waals surface area (Å²) in [6.45, 7) is 4.70. The Morgan fingerprint density at radius 3 is 2.22 bits per heavy atom. The molecule has 51 heavy (non-hydrogen) atoms. The molecule has 1 aliphatic heterocycles. The largest absolute Gasteiger partial charge is 0.398 e. The number of hydrogen-bond acceptors (Lipinski definition) is 3. The van der Waals surface area contributed by atoms with Gasteiger partial charge in [0.1, 0.15) is 0 Å². The highest BCUT2D eigenvalue weighted by molar-refractivity contribution is 7.26. The Labute approximate surface area is 301 Å². The lowest BCUT2D eigenvalue weighted by Gasteiger charge is -2.26. The molecule has 244 valence electrons. The van der Waals surface area contributed by atoms with Gasteiger partial charge in [-0.3, -0.25) is 0 Å². The lowest BCUT2D eigenvalue weighted by atomic mass is 9.98. The quantitative estimate of drug-likeness (QED) is 0.178. The first-order valence-electron chi connectivity index (χ1n) is 17.2. The summed E-state index contributed by atoms with van der Waals surface area (Å²) in [6.07, 6.45) is 11.6. The van der Waals surface area contributed by atoms with Gasteiger partial charge in [0, 0.05) is 59.6 Å². The van der Waals surface area contributed by atoms with E-state index in [0.717, 1.165) is 50.8 Å². The number of thiophene rings is 1. The van der Waals surface area contributed by atoms with Crippen LogP contribution >= 0.6 is 11.3 Å². The fraction of sp³-hybridized carbons (Fsp3) is 0.0213. The van der Waals surface area contributed by atoms with Gasteiger partial charge in [0.15, 0.2) is 0 Å². The summed E-state index contributed by atoms with van der Waals surface area (Å²) in [5.41, 5.74) is 16.0. The molecule has 0 fully saturated rings. The van der Waals surface area contributed by atoms with Gasteiger partial charge in [-0.05, 0) is 77.7 Å². The minimum absolute atomic E-state index is 0.706. The van der Waals surface area contributed by atoms with Crippen LogP contribution in [0, 0.1) is 0 Å². The fourth-order valence-electron chi connectivity index (χ4n) is 7.25. The van der Waals surface area contributed by atoms with Gasteiger partial charge in [0.25, 0.3) is 0 Å². The van der Waals surface area contributed by atoms with E-state index in [1.165, 1.54) is 36.6 Å². The molecule has 8 aromatic rings. The molecule has 0 radical (unpaired) electrons. The summed E-state index contributed by atoms with van der Waals surface area (Å²) < 4.78 is 4.98. The summed E-state index contributed by atoms with van der Waals surface area (Å²) in [6, 6.07) is 51.4. The van der Waals surface area contributed by atoms with Gasteiger partial charge >= 0.3 is 0 Å². The molecule has 0 unspecified atom stereocenters. The number of nitrogens with two attached hydrogens (primary N) is 1. The fourth-order valence-corrected chi connectivity index (χ4v) is 8.51. The minimum atomic E-state index is 0.706. The van der Waals surface area contributed by atoms with E-state index in [1.807, 2.05) is 29.6 Å². The number of benzene rings is 6. The molecule has 0 saturated carbocycles. The maximum Gasteiger partial charge on any atom is 0.0708 e. The van der Waals surface area contributed by atoms with E-state index >= 15 is 0 Å². The molecule has 3 nitrogen and oxygen atoms in total. The van der Waals surface area contributed by atoms with Crippen molar-refractivity contribution in [3.8, 4) is 5.69 Å². The van der Waals surface area contributed by atoms with Gasteiger partial charge in [0.2, 0.25) is 0 Å². The van der Waals surface area contributed by atoms with Crippen LogP contribution in [0.25, 0.3) is 60.3 Å². The van der Waals surface area contributed by atoms with Crippen molar-refractivity contribution in [3.63, 3.8) is 0 Å². The second-order valence-electron chi connectivity index (χ2n) is 12.9. The molecule has 0 amide bonds. The smallest absolute Gasteiger partial charge is 0.0708 e. The van der Waals surface area contributed by atoms with E-state index < -0.39 is 0 Å². The Hall–Kier alpha value is -6.36. The molecular weight excluding hydrogens is 639 g/mol. The van der Waals surface area contributed by atoms with E-state index in [2.05, 4.69) is 167 Å². The molecule has 4 heteroatoms. The highest BCUT2D eigenvalue weighted by atomic mass is 32.1. The van der Waals surface area contributed by atoms with Crippen molar-refractivity contribution in [2.45, 2.75) is 6.42 Å². The number of para-hydroxylation sites is 2. The average molecular weight is 674 g/mol. The van der Waals surface area contributed by atoms with E-state index in [9.17, 15) is 0 Å². The van der Waals surface area contributed by atoms with Crippen LogP contribution in [-0.2, 0) is 6.42 Å². The van der Waals surface area contributed by atoms with Gasteiger partial charge in [-0.25, -0.2) is 0 Å².